The summed E-state index contributed by atoms with van der Waals surface area (Å²) in [7, 11) is 0. The Hall–Kier alpha value is -1.43. The van der Waals surface area contributed by atoms with Gasteiger partial charge in [-0.2, -0.15) is 13.2 Å². The van der Waals surface area contributed by atoms with Crippen molar-refractivity contribution in [3.8, 4) is 5.75 Å². The highest BCUT2D eigenvalue weighted by molar-refractivity contribution is 5.47. The van der Waals surface area contributed by atoms with E-state index in [1.807, 2.05) is 0 Å². The summed E-state index contributed by atoms with van der Waals surface area (Å²) in [6.07, 6.45) is -2.20. The predicted molar refractivity (Wildman–Crippen MR) is 67.5 cm³/mol. The van der Waals surface area contributed by atoms with Crippen LogP contribution in [0.1, 0.15) is 12.8 Å². The van der Waals surface area contributed by atoms with Crippen LogP contribution in [0.15, 0.2) is 24.3 Å². The molecule has 1 aliphatic rings. The maximum Gasteiger partial charge on any atom is 0.422 e. The number of halogens is 3. The monoisotopic (exact) mass is 274 g/mol. The number of hydrogen-bond donors (Lipinski definition) is 2. The third-order valence-electron chi connectivity index (χ3n) is 2.97. The molecule has 0 amide bonds. The van der Waals surface area contributed by atoms with Crippen molar-refractivity contribution in [3.63, 3.8) is 0 Å². The Labute approximate surface area is 110 Å². The van der Waals surface area contributed by atoms with Gasteiger partial charge in [-0.3, -0.25) is 0 Å². The fraction of sp³-hybridized carbons (Fsp3) is 0.538. The molecule has 0 radical (unpaired) electrons. The second-order valence-electron chi connectivity index (χ2n) is 4.60. The molecule has 0 aromatic heterocycles. The molecule has 0 spiro atoms. The molecule has 0 aliphatic carbocycles. The molecule has 1 aromatic carbocycles. The molecule has 0 unspecified atom stereocenters. The zero-order valence-corrected chi connectivity index (χ0v) is 10.5. The van der Waals surface area contributed by atoms with Crippen LogP contribution in [-0.4, -0.2) is 31.9 Å². The molecule has 2 rings (SSSR count). The van der Waals surface area contributed by atoms with E-state index in [0.717, 1.165) is 31.6 Å². The molecular weight excluding hydrogens is 257 g/mol. The van der Waals surface area contributed by atoms with Crippen molar-refractivity contribution < 1.29 is 17.9 Å². The van der Waals surface area contributed by atoms with Gasteiger partial charge in [0.05, 0.1) is 0 Å². The van der Waals surface area contributed by atoms with Crippen molar-refractivity contribution in [2.75, 3.05) is 25.0 Å². The van der Waals surface area contributed by atoms with Gasteiger partial charge in [0, 0.05) is 11.7 Å². The summed E-state index contributed by atoms with van der Waals surface area (Å²) in [5.74, 6) is 0.230. The minimum atomic E-state index is -4.30. The third-order valence-corrected chi connectivity index (χ3v) is 2.97. The highest BCUT2D eigenvalue weighted by atomic mass is 19.4. The van der Waals surface area contributed by atoms with Gasteiger partial charge in [-0.05, 0) is 50.2 Å². The molecular formula is C13H17F3N2O. The van der Waals surface area contributed by atoms with Gasteiger partial charge in [-0.15, -0.1) is 0 Å². The first kappa shape index (κ1) is 14.0. The number of piperidine rings is 1. The van der Waals surface area contributed by atoms with E-state index in [1.54, 1.807) is 24.3 Å². The van der Waals surface area contributed by atoms with Gasteiger partial charge in [0.25, 0.3) is 0 Å². The van der Waals surface area contributed by atoms with Gasteiger partial charge in [0.15, 0.2) is 6.61 Å². The van der Waals surface area contributed by atoms with Crippen molar-refractivity contribution in [3.05, 3.63) is 24.3 Å². The van der Waals surface area contributed by atoms with Crippen LogP contribution < -0.4 is 15.4 Å². The molecule has 6 heteroatoms. The van der Waals surface area contributed by atoms with Crippen molar-refractivity contribution in [2.24, 2.45) is 0 Å². The smallest absolute Gasteiger partial charge is 0.422 e. The maximum absolute atomic E-state index is 12.0. The number of alkyl halides is 3. The lowest BCUT2D eigenvalue weighted by Crippen LogP contribution is -2.35. The Morgan fingerprint density at radius 1 is 1.16 bits per heavy atom. The second-order valence-corrected chi connectivity index (χ2v) is 4.60. The molecule has 0 bridgehead atoms. The lowest BCUT2D eigenvalue weighted by molar-refractivity contribution is -0.153. The van der Waals surface area contributed by atoms with Crippen LogP contribution in [0.4, 0.5) is 18.9 Å². The van der Waals surface area contributed by atoms with Crippen molar-refractivity contribution in [1.29, 1.82) is 0 Å². The molecule has 1 fully saturated rings. The summed E-state index contributed by atoms with van der Waals surface area (Å²) in [5, 5.41) is 6.64. The van der Waals surface area contributed by atoms with E-state index in [0.29, 0.717) is 6.04 Å². The summed E-state index contributed by atoms with van der Waals surface area (Å²) in [4.78, 5) is 0. The van der Waals surface area contributed by atoms with Crippen LogP contribution >= 0.6 is 0 Å². The lowest BCUT2D eigenvalue weighted by atomic mass is 10.1. The molecule has 3 nitrogen and oxygen atoms in total. The van der Waals surface area contributed by atoms with Crippen molar-refractivity contribution in [1.82, 2.24) is 5.32 Å². The Kier molecular flexibility index (Phi) is 4.52. The number of anilines is 1. The second kappa shape index (κ2) is 6.14. The first-order valence-electron chi connectivity index (χ1n) is 6.30. The van der Waals surface area contributed by atoms with Crippen LogP contribution in [0.5, 0.6) is 5.75 Å². The first-order chi connectivity index (χ1) is 9.03. The van der Waals surface area contributed by atoms with Crippen LogP contribution in [0.25, 0.3) is 0 Å². The zero-order chi connectivity index (χ0) is 13.7. The lowest BCUT2D eigenvalue weighted by Gasteiger charge is -2.24. The fourth-order valence-corrected chi connectivity index (χ4v) is 2.01. The van der Waals surface area contributed by atoms with Crippen LogP contribution in [-0.2, 0) is 0 Å². The predicted octanol–water partition coefficient (Wildman–Crippen LogP) is 2.79. The van der Waals surface area contributed by atoms with Crippen molar-refractivity contribution in [2.45, 2.75) is 25.1 Å². The van der Waals surface area contributed by atoms with E-state index >= 15 is 0 Å². The van der Waals surface area contributed by atoms with Gasteiger partial charge < -0.3 is 15.4 Å². The summed E-state index contributed by atoms with van der Waals surface area (Å²) >= 11 is 0. The van der Waals surface area contributed by atoms with Gasteiger partial charge >= 0.3 is 6.18 Å². The Morgan fingerprint density at radius 2 is 1.79 bits per heavy atom. The number of ether oxygens (including phenoxy) is 1. The zero-order valence-electron chi connectivity index (χ0n) is 10.5. The number of benzene rings is 1. The van der Waals surface area contributed by atoms with Gasteiger partial charge in [0.1, 0.15) is 5.75 Å². The first-order valence-corrected chi connectivity index (χ1v) is 6.30. The Morgan fingerprint density at radius 3 is 2.37 bits per heavy atom. The van der Waals surface area contributed by atoms with E-state index in [2.05, 4.69) is 15.4 Å². The van der Waals surface area contributed by atoms with E-state index in [4.69, 9.17) is 0 Å². The fourth-order valence-electron chi connectivity index (χ4n) is 2.01. The molecule has 106 valence electrons. The van der Waals surface area contributed by atoms with Crippen molar-refractivity contribution >= 4 is 5.69 Å². The average molecular weight is 274 g/mol. The SMILES string of the molecule is FC(F)(F)COc1ccc(NC2CCNCC2)cc1. The summed E-state index contributed by atoms with van der Waals surface area (Å²) in [6, 6.07) is 7.01. The summed E-state index contributed by atoms with van der Waals surface area (Å²) in [6.45, 7) is 0.725. The minimum Gasteiger partial charge on any atom is -0.484 e. The topological polar surface area (TPSA) is 33.3 Å². The molecule has 0 atom stereocenters. The van der Waals surface area contributed by atoms with Crippen LogP contribution in [0.3, 0.4) is 0 Å². The number of nitrogens with one attached hydrogen (secondary N) is 2. The van der Waals surface area contributed by atoms with Gasteiger partial charge in [0.2, 0.25) is 0 Å². The normalized spacial score (nSPS) is 17.2. The van der Waals surface area contributed by atoms with Gasteiger partial charge in [-0.25, -0.2) is 0 Å². The standard InChI is InChI=1S/C13H17F3N2O/c14-13(15,16)9-19-12-3-1-10(2-4-12)18-11-5-7-17-8-6-11/h1-4,11,17-18H,5-9H2. The van der Waals surface area contributed by atoms with E-state index in [9.17, 15) is 13.2 Å². The largest absolute Gasteiger partial charge is 0.484 e. The maximum atomic E-state index is 12.0. The quantitative estimate of drug-likeness (QED) is 0.885. The van der Waals surface area contributed by atoms with E-state index in [1.165, 1.54) is 0 Å². The molecule has 1 aliphatic heterocycles. The molecule has 2 N–H and O–H groups in total. The molecule has 19 heavy (non-hydrogen) atoms. The summed E-state index contributed by atoms with van der Waals surface area (Å²) < 4.78 is 40.6. The highest BCUT2D eigenvalue weighted by Gasteiger charge is 2.28. The van der Waals surface area contributed by atoms with E-state index in [-0.39, 0.29) is 5.75 Å². The average Bonchev–Trinajstić information content (AvgIpc) is 2.38. The third kappa shape index (κ3) is 4.98. The molecule has 0 saturated carbocycles. The van der Waals surface area contributed by atoms with Crippen LogP contribution in [0.2, 0.25) is 0 Å². The molecule has 1 aromatic rings. The minimum absolute atomic E-state index is 0.230. The Bertz CT molecular complexity index is 386. The molecule has 1 saturated heterocycles. The highest BCUT2D eigenvalue weighted by Crippen LogP contribution is 2.21. The molecule has 1 heterocycles. The number of hydrogen-bond acceptors (Lipinski definition) is 3. The van der Waals surface area contributed by atoms with E-state index < -0.39 is 12.8 Å². The summed E-state index contributed by atoms with van der Waals surface area (Å²) in [5.41, 5.74) is 0.909. The number of rotatable bonds is 4. The van der Waals surface area contributed by atoms with Crippen LogP contribution in [0, 0.1) is 0 Å². The van der Waals surface area contributed by atoms with Gasteiger partial charge in [-0.1, -0.05) is 0 Å². The Balaban J connectivity index is 1.83.